The number of hydrogen-bond acceptors (Lipinski definition) is 2. The van der Waals surface area contributed by atoms with Crippen LogP contribution in [0.5, 0.6) is 0 Å². The van der Waals surface area contributed by atoms with Crippen LogP contribution in [-0.2, 0) is 12.0 Å². The van der Waals surface area contributed by atoms with Gasteiger partial charge in [-0.05, 0) is 29.1 Å². The van der Waals surface area contributed by atoms with E-state index in [0.717, 1.165) is 12.1 Å². The molecule has 2 aromatic rings. The molecule has 0 aliphatic carbocycles. The van der Waals surface area contributed by atoms with E-state index in [1.54, 1.807) is 17.4 Å². The van der Waals surface area contributed by atoms with Gasteiger partial charge in [-0.25, -0.2) is 4.39 Å². The zero-order chi connectivity index (χ0) is 13.9. The highest BCUT2D eigenvalue weighted by molar-refractivity contribution is 7.10. The van der Waals surface area contributed by atoms with E-state index < -0.39 is 0 Å². The van der Waals surface area contributed by atoms with Gasteiger partial charge in [-0.2, -0.15) is 0 Å². The number of benzene rings is 1. The van der Waals surface area contributed by atoms with Crippen LogP contribution in [0.4, 0.5) is 4.39 Å². The quantitative estimate of drug-likeness (QED) is 0.850. The molecule has 1 nitrogen and oxygen atoms in total. The Hall–Kier alpha value is -0.900. The maximum absolute atomic E-state index is 13.3. The zero-order valence-corrected chi connectivity index (χ0v) is 12.6. The minimum Gasteiger partial charge on any atom is -0.312 e. The van der Waals surface area contributed by atoms with Crippen LogP contribution in [0.25, 0.3) is 0 Å². The third kappa shape index (κ3) is 3.78. The SMILES string of the molecule is CC(C)(CNCc1ccc(Cl)c(F)c1)c1cccs1. The summed E-state index contributed by atoms with van der Waals surface area (Å²) in [4.78, 5) is 1.35. The predicted octanol–water partition coefficient (Wildman–Crippen LogP) is 4.61. The molecule has 0 aliphatic rings. The van der Waals surface area contributed by atoms with E-state index in [4.69, 9.17) is 11.6 Å². The number of rotatable bonds is 5. The van der Waals surface area contributed by atoms with Crippen molar-refractivity contribution in [3.63, 3.8) is 0 Å². The van der Waals surface area contributed by atoms with Gasteiger partial charge >= 0.3 is 0 Å². The Labute approximate surface area is 122 Å². The van der Waals surface area contributed by atoms with E-state index in [9.17, 15) is 4.39 Å². The van der Waals surface area contributed by atoms with Gasteiger partial charge in [0.15, 0.2) is 0 Å². The topological polar surface area (TPSA) is 12.0 Å². The van der Waals surface area contributed by atoms with Gasteiger partial charge in [0.25, 0.3) is 0 Å². The van der Waals surface area contributed by atoms with Crippen molar-refractivity contribution in [2.75, 3.05) is 6.54 Å². The van der Waals surface area contributed by atoms with Crippen LogP contribution < -0.4 is 5.32 Å². The Morgan fingerprint density at radius 2 is 2.11 bits per heavy atom. The van der Waals surface area contributed by atoms with E-state index in [2.05, 4.69) is 36.7 Å². The summed E-state index contributed by atoms with van der Waals surface area (Å²) in [5.41, 5.74) is 0.989. The van der Waals surface area contributed by atoms with Gasteiger partial charge in [0.2, 0.25) is 0 Å². The molecule has 0 aliphatic heterocycles. The Bertz CT molecular complexity index is 537. The minimum absolute atomic E-state index is 0.0825. The summed E-state index contributed by atoms with van der Waals surface area (Å²) in [5.74, 6) is -0.363. The molecule has 1 aromatic carbocycles. The molecule has 1 aromatic heterocycles. The molecular formula is C15H17ClFNS. The fourth-order valence-corrected chi connectivity index (χ4v) is 2.89. The lowest BCUT2D eigenvalue weighted by Crippen LogP contribution is -2.31. The van der Waals surface area contributed by atoms with E-state index in [1.165, 1.54) is 10.9 Å². The summed E-state index contributed by atoms with van der Waals surface area (Å²) in [6, 6.07) is 9.13. The molecule has 0 radical (unpaired) electrons. The number of hydrogen-bond donors (Lipinski definition) is 1. The third-order valence-electron chi connectivity index (χ3n) is 3.07. The van der Waals surface area contributed by atoms with Crippen LogP contribution in [0.2, 0.25) is 5.02 Å². The second-order valence-corrected chi connectivity index (χ2v) is 6.57. The zero-order valence-electron chi connectivity index (χ0n) is 11.0. The van der Waals surface area contributed by atoms with Crippen LogP contribution in [0.1, 0.15) is 24.3 Å². The van der Waals surface area contributed by atoms with Gasteiger partial charge in [0.1, 0.15) is 5.82 Å². The second kappa shape index (κ2) is 6.04. The van der Waals surface area contributed by atoms with Gasteiger partial charge < -0.3 is 5.32 Å². The summed E-state index contributed by atoms with van der Waals surface area (Å²) in [6.45, 7) is 5.89. The number of thiophene rings is 1. The van der Waals surface area contributed by atoms with Crippen molar-refractivity contribution in [3.8, 4) is 0 Å². The normalized spacial score (nSPS) is 11.8. The lowest BCUT2D eigenvalue weighted by atomic mass is 9.91. The van der Waals surface area contributed by atoms with Crippen molar-refractivity contribution < 1.29 is 4.39 Å². The van der Waals surface area contributed by atoms with Gasteiger partial charge in [0, 0.05) is 23.4 Å². The minimum atomic E-state index is -0.363. The largest absolute Gasteiger partial charge is 0.312 e. The Morgan fingerprint density at radius 1 is 1.32 bits per heavy atom. The lowest BCUT2D eigenvalue weighted by molar-refractivity contribution is 0.476. The fraction of sp³-hybridized carbons (Fsp3) is 0.333. The first kappa shape index (κ1) is 14.5. The van der Waals surface area contributed by atoms with E-state index in [-0.39, 0.29) is 16.3 Å². The molecule has 4 heteroatoms. The molecule has 0 bridgehead atoms. The number of nitrogens with one attached hydrogen (secondary N) is 1. The maximum atomic E-state index is 13.3. The highest BCUT2D eigenvalue weighted by Crippen LogP contribution is 2.26. The van der Waals surface area contributed by atoms with Crippen LogP contribution in [0.3, 0.4) is 0 Å². The van der Waals surface area contributed by atoms with Crippen molar-refractivity contribution >= 4 is 22.9 Å². The summed E-state index contributed by atoms with van der Waals surface area (Å²) in [6.07, 6.45) is 0. The van der Waals surface area contributed by atoms with Crippen LogP contribution in [0, 0.1) is 5.82 Å². The Kier molecular flexibility index (Phi) is 4.61. The van der Waals surface area contributed by atoms with Crippen molar-refractivity contribution in [3.05, 3.63) is 57.0 Å². The molecule has 0 atom stereocenters. The molecule has 1 N–H and O–H groups in total. The molecule has 1 heterocycles. The molecular weight excluding hydrogens is 281 g/mol. The molecule has 0 saturated heterocycles. The van der Waals surface area contributed by atoms with Gasteiger partial charge in [-0.15, -0.1) is 11.3 Å². The first-order valence-electron chi connectivity index (χ1n) is 6.18. The predicted molar refractivity (Wildman–Crippen MR) is 80.5 cm³/mol. The van der Waals surface area contributed by atoms with Gasteiger partial charge in [-0.1, -0.05) is 37.6 Å². The second-order valence-electron chi connectivity index (χ2n) is 5.21. The van der Waals surface area contributed by atoms with Crippen molar-refractivity contribution in [2.45, 2.75) is 25.8 Å². The summed E-state index contributed by atoms with van der Waals surface area (Å²) in [7, 11) is 0. The molecule has 102 valence electrons. The van der Waals surface area contributed by atoms with Crippen LogP contribution >= 0.6 is 22.9 Å². The smallest absolute Gasteiger partial charge is 0.142 e. The first-order valence-corrected chi connectivity index (χ1v) is 7.43. The standard InChI is InChI=1S/C15H17ClFNS/c1-15(2,14-4-3-7-19-14)10-18-9-11-5-6-12(16)13(17)8-11/h3-8,18H,9-10H2,1-2H3. The van der Waals surface area contributed by atoms with Crippen molar-refractivity contribution in [1.29, 1.82) is 0 Å². The maximum Gasteiger partial charge on any atom is 0.142 e. The molecule has 0 saturated carbocycles. The summed E-state index contributed by atoms with van der Waals surface area (Å²) >= 11 is 7.42. The molecule has 0 spiro atoms. The molecule has 0 fully saturated rings. The van der Waals surface area contributed by atoms with Gasteiger partial charge in [-0.3, -0.25) is 0 Å². The Morgan fingerprint density at radius 3 is 2.74 bits per heavy atom. The highest BCUT2D eigenvalue weighted by Gasteiger charge is 2.20. The molecule has 2 rings (SSSR count). The average molecular weight is 298 g/mol. The summed E-state index contributed by atoms with van der Waals surface area (Å²) < 4.78 is 13.3. The van der Waals surface area contributed by atoms with Crippen molar-refractivity contribution in [2.24, 2.45) is 0 Å². The van der Waals surface area contributed by atoms with E-state index in [1.807, 2.05) is 6.07 Å². The number of halogens is 2. The van der Waals surface area contributed by atoms with Gasteiger partial charge in [0.05, 0.1) is 5.02 Å². The first-order chi connectivity index (χ1) is 8.99. The average Bonchev–Trinajstić information content (AvgIpc) is 2.88. The van der Waals surface area contributed by atoms with Crippen LogP contribution in [0.15, 0.2) is 35.7 Å². The van der Waals surface area contributed by atoms with Crippen LogP contribution in [-0.4, -0.2) is 6.54 Å². The fourth-order valence-electron chi connectivity index (χ4n) is 1.92. The Balaban J connectivity index is 1.91. The van der Waals surface area contributed by atoms with E-state index >= 15 is 0 Å². The van der Waals surface area contributed by atoms with Crippen molar-refractivity contribution in [1.82, 2.24) is 5.32 Å². The molecule has 0 unspecified atom stereocenters. The third-order valence-corrected chi connectivity index (χ3v) is 4.61. The lowest BCUT2D eigenvalue weighted by Gasteiger charge is -2.23. The monoisotopic (exact) mass is 297 g/mol. The molecule has 0 amide bonds. The highest BCUT2D eigenvalue weighted by atomic mass is 35.5. The van der Waals surface area contributed by atoms with E-state index in [0.29, 0.717) is 6.54 Å². The summed E-state index contributed by atoms with van der Waals surface area (Å²) in [5, 5.41) is 5.63. The molecule has 19 heavy (non-hydrogen) atoms.